The van der Waals surface area contributed by atoms with Gasteiger partial charge in [0.1, 0.15) is 11.5 Å². The highest BCUT2D eigenvalue weighted by atomic mass is 35.5. The quantitative estimate of drug-likeness (QED) is 0.624. The highest BCUT2D eigenvalue weighted by Gasteiger charge is 2.58. The van der Waals surface area contributed by atoms with Crippen molar-refractivity contribution in [1.29, 1.82) is 0 Å². The minimum Gasteiger partial charge on any atom is -0.497 e. The third-order valence-corrected chi connectivity index (χ3v) is 5.57. The summed E-state index contributed by atoms with van der Waals surface area (Å²) in [6.07, 6.45) is 0.957. The van der Waals surface area contributed by atoms with E-state index < -0.39 is 0 Å². The molecule has 2 fully saturated rings. The van der Waals surface area contributed by atoms with Crippen molar-refractivity contribution in [2.24, 2.45) is 11.8 Å². The summed E-state index contributed by atoms with van der Waals surface area (Å²) in [5.41, 5.74) is 1.12. The van der Waals surface area contributed by atoms with E-state index in [0.29, 0.717) is 17.9 Å². The van der Waals surface area contributed by atoms with Gasteiger partial charge in [0, 0.05) is 30.5 Å². The topological polar surface area (TPSA) is 21.7 Å². The molecule has 0 amide bonds. The summed E-state index contributed by atoms with van der Waals surface area (Å²) in [5.74, 6) is 2.80. The molecule has 0 bridgehead atoms. The Labute approximate surface area is 136 Å². The van der Waals surface area contributed by atoms with Gasteiger partial charge in [0.05, 0.1) is 30.6 Å². The molecule has 2 aliphatic rings. The van der Waals surface area contributed by atoms with E-state index in [0.717, 1.165) is 35.0 Å². The Balaban J connectivity index is 1.82. The van der Waals surface area contributed by atoms with E-state index in [1.54, 1.807) is 14.2 Å². The summed E-state index contributed by atoms with van der Waals surface area (Å²) in [6, 6.07) is 6.29. The molecule has 0 aromatic heterocycles. The van der Waals surface area contributed by atoms with Gasteiger partial charge in [-0.3, -0.25) is 0 Å². The monoisotopic (exact) mass is 325 g/mol. The van der Waals surface area contributed by atoms with Crippen LogP contribution >= 0.6 is 23.8 Å². The molecule has 3 rings (SSSR count). The van der Waals surface area contributed by atoms with Crippen LogP contribution < -0.4 is 9.47 Å². The maximum absolute atomic E-state index is 6.45. The highest BCUT2D eigenvalue weighted by molar-refractivity contribution is 7.80. The summed E-state index contributed by atoms with van der Waals surface area (Å²) in [6.45, 7) is 3.00. The first-order valence-corrected chi connectivity index (χ1v) is 8.05. The van der Waals surface area contributed by atoms with Crippen LogP contribution in [0.5, 0.6) is 11.5 Å². The second-order valence-electron chi connectivity index (χ2n) is 5.89. The molecule has 1 aliphatic heterocycles. The first kappa shape index (κ1) is 14.9. The van der Waals surface area contributed by atoms with Gasteiger partial charge in [-0.1, -0.05) is 19.1 Å². The average molecular weight is 326 g/mol. The van der Waals surface area contributed by atoms with Gasteiger partial charge in [0.15, 0.2) is 0 Å². The number of methoxy groups -OCH3 is 2. The normalized spacial score (nSPS) is 30.9. The van der Waals surface area contributed by atoms with Crippen molar-refractivity contribution in [3.8, 4) is 11.5 Å². The first-order chi connectivity index (χ1) is 10.1. The SMILES string of the molecule is COc1ccc(CN2C(=S)C[C@H](C)[C@H]3[C@H](Cl)[C@H]32)c(OC)c1. The molecular formula is C16H20ClNO2S. The molecule has 1 aromatic rings. The van der Waals surface area contributed by atoms with Crippen LogP contribution in [0.1, 0.15) is 18.9 Å². The molecule has 4 atom stereocenters. The largest absolute Gasteiger partial charge is 0.497 e. The minimum absolute atomic E-state index is 0.227. The van der Waals surface area contributed by atoms with E-state index in [4.69, 9.17) is 33.3 Å². The van der Waals surface area contributed by atoms with Gasteiger partial charge in [-0.25, -0.2) is 0 Å². The van der Waals surface area contributed by atoms with Crippen LogP contribution in [0, 0.1) is 11.8 Å². The molecule has 0 radical (unpaired) electrons. The van der Waals surface area contributed by atoms with Crippen LogP contribution in [0.25, 0.3) is 0 Å². The molecule has 0 spiro atoms. The first-order valence-electron chi connectivity index (χ1n) is 7.21. The standard InChI is InChI=1S/C16H20ClNO2S/c1-9-6-13(21)18(16-14(9)15(16)17)8-10-4-5-11(19-2)7-12(10)20-3/h4-5,7,9,14-16H,6,8H2,1-3H3/t9-,14-,15-,16-/m0/s1. The van der Waals surface area contributed by atoms with E-state index in [-0.39, 0.29) is 5.38 Å². The van der Waals surface area contributed by atoms with E-state index in [1.807, 2.05) is 18.2 Å². The van der Waals surface area contributed by atoms with Crippen LogP contribution in [-0.4, -0.2) is 35.5 Å². The maximum atomic E-state index is 6.45. The molecule has 0 N–H and O–H groups in total. The maximum Gasteiger partial charge on any atom is 0.127 e. The van der Waals surface area contributed by atoms with Crippen molar-refractivity contribution < 1.29 is 9.47 Å². The molecule has 1 heterocycles. The third-order valence-electron chi connectivity index (χ3n) is 4.62. The van der Waals surface area contributed by atoms with Crippen LogP contribution in [0.4, 0.5) is 0 Å². The number of benzene rings is 1. The van der Waals surface area contributed by atoms with Crippen LogP contribution in [-0.2, 0) is 6.54 Å². The number of hydrogen-bond donors (Lipinski definition) is 0. The summed E-state index contributed by atoms with van der Waals surface area (Å²) in [5, 5.41) is 0.227. The number of fused-ring (bicyclic) bond motifs is 1. The number of piperidine rings is 1. The fourth-order valence-corrected chi connectivity index (χ4v) is 4.43. The summed E-state index contributed by atoms with van der Waals surface area (Å²) in [7, 11) is 3.33. The zero-order valence-corrected chi connectivity index (χ0v) is 14.1. The second kappa shape index (κ2) is 5.65. The molecule has 1 aromatic carbocycles. The number of halogens is 1. The van der Waals surface area contributed by atoms with Crippen molar-refractivity contribution in [2.75, 3.05) is 14.2 Å². The van der Waals surface area contributed by atoms with E-state index in [2.05, 4.69) is 11.8 Å². The Hall–Kier alpha value is -1.00. The van der Waals surface area contributed by atoms with Gasteiger partial charge in [0.2, 0.25) is 0 Å². The molecule has 3 nitrogen and oxygen atoms in total. The van der Waals surface area contributed by atoms with Crippen molar-refractivity contribution in [3.63, 3.8) is 0 Å². The van der Waals surface area contributed by atoms with Gasteiger partial charge in [-0.15, -0.1) is 11.6 Å². The zero-order chi connectivity index (χ0) is 15.1. The predicted octanol–water partition coefficient (Wildman–Crippen LogP) is 3.48. The van der Waals surface area contributed by atoms with Gasteiger partial charge in [-0.2, -0.15) is 0 Å². The highest BCUT2D eigenvalue weighted by Crippen LogP contribution is 2.51. The average Bonchev–Trinajstić information content (AvgIpc) is 3.15. The summed E-state index contributed by atoms with van der Waals surface area (Å²) in [4.78, 5) is 3.30. The second-order valence-corrected chi connectivity index (χ2v) is 6.87. The zero-order valence-electron chi connectivity index (χ0n) is 12.5. The van der Waals surface area contributed by atoms with Crippen molar-refractivity contribution in [1.82, 2.24) is 4.90 Å². The summed E-state index contributed by atoms with van der Waals surface area (Å²) < 4.78 is 10.7. The van der Waals surface area contributed by atoms with Crippen LogP contribution in [0.2, 0.25) is 0 Å². The number of hydrogen-bond acceptors (Lipinski definition) is 3. The Morgan fingerprint density at radius 1 is 1.33 bits per heavy atom. The predicted molar refractivity (Wildman–Crippen MR) is 88.4 cm³/mol. The molecule has 5 heteroatoms. The molecule has 0 unspecified atom stereocenters. The lowest BCUT2D eigenvalue weighted by molar-refractivity contribution is 0.307. The van der Waals surface area contributed by atoms with Crippen molar-refractivity contribution in [2.45, 2.75) is 31.3 Å². The van der Waals surface area contributed by atoms with Gasteiger partial charge in [0.25, 0.3) is 0 Å². The molecule has 1 aliphatic carbocycles. The number of likely N-dealkylation sites (tertiary alicyclic amines) is 1. The van der Waals surface area contributed by atoms with E-state index in [9.17, 15) is 0 Å². The number of thiocarbonyl (C=S) groups is 1. The number of rotatable bonds is 4. The molecule has 21 heavy (non-hydrogen) atoms. The van der Waals surface area contributed by atoms with Crippen molar-refractivity contribution >= 4 is 28.8 Å². The molecule has 1 saturated heterocycles. The van der Waals surface area contributed by atoms with E-state index in [1.165, 1.54) is 0 Å². The Bertz CT molecular complexity index is 565. The Morgan fingerprint density at radius 3 is 2.76 bits per heavy atom. The lowest BCUT2D eigenvalue weighted by atomic mass is 9.97. The number of alkyl halides is 1. The Morgan fingerprint density at radius 2 is 2.10 bits per heavy atom. The number of nitrogens with zero attached hydrogens (tertiary/aromatic N) is 1. The fraction of sp³-hybridized carbons (Fsp3) is 0.562. The van der Waals surface area contributed by atoms with Crippen LogP contribution in [0.3, 0.4) is 0 Å². The third kappa shape index (κ3) is 2.59. The smallest absolute Gasteiger partial charge is 0.127 e. The lowest BCUT2D eigenvalue weighted by Gasteiger charge is -2.32. The van der Waals surface area contributed by atoms with E-state index >= 15 is 0 Å². The Kier molecular flexibility index (Phi) is 4.02. The lowest BCUT2D eigenvalue weighted by Crippen LogP contribution is -2.38. The molecule has 114 valence electrons. The summed E-state index contributed by atoms with van der Waals surface area (Å²) >= 11 is 12.0. The van der Waals surface area contributed by atoms with Crippen LogP contribution in [0.15, 0.2) is 18.2 Å². The molecular weight excluding hydrogens is 306 g/mol. The van der Waals surface area contributed by atoms with Gasteiger partial charge < -0.3 is 14.4 Å². The van der Waals surface area contributed by atoms with Gasteiger partial charge in [-0.05, 0) is 18.1 Å². The number of ether oxygens (including phenoxy) is 2. The van der Waals surface area contributed by atoms with Gasteiger partial charge >= 0.3 is 0 Å². The minimum atomic E-state index is 0.227. The molecule has 1 saturated carbocycles. The fourth-order valence-electron chi connectivity index (χ4n) is 3.36. The van der Waals surface area contributed by atoms with Crippen molar-refractivity contribution in [3.05, 3.63) is 23.8 Å².